The molecule has 0 atom stereocenters. The molecule has 1 heterocycles. The summed E-state index contributed by atoms with van der Waals surface area (Å²) in [5, 5.41) is 6.85. The summed E-state index contributed by atoms with van der Waals surface area (Å²) in [7, 11) is 0. The van der Waals surface area contributed by atoms with E-state index >= 15 is 0 Å². The molecule has 0 bridgehead atoms. The summed E-state index contributed by atoms with van der Waals surface area (Å²) in [5.74, 6) is -1.36. The highest BCUT2D eigenvalue weighted by Gasteiger charge is 2.16. The lowest BCUT2D eigenvalue weighted by atomic mass is 10.1. The smallest absolute Gasteiger partial charge is 0.267 e. The minimum Gasteiger partial charge on any atom is -0.361 e. The number of fused-ring (bicyclic) bond motifs is 1. The minimum atomic E-state index is -0.513. The van der Waals surface area contributed by atoms with Crippen LogP contribution in [0.4, 0.5) is 4.39 Å². The fraction of sp³-hybridized carbons (Fsp3) is 0.0769. The molecule has 0 unspecified atom stereocenters. The van der Waals surface area contributed by atoms with Crippen molar-refractivity contribution in [3.05, 3.63) is 112 Å². The number of hydrogen-bond donors (Lipinski definition) is 3. The zero-order chi connectivity index (χ0) is 23.2. The molecule has 7 heteroatoms. The van der Waals surface area contributed by atoms with E-state index in [1.54, 1.807) is 24.3 Å². The first-order chi connectivity index (χ1) is 16.0. The summed E-state index contributed by atoms with van der Waals surface area (Å²) in [6.07, 6.45) is 4.03. The van der Waals surface area contributed by atoms with E-state index < -0.39 is 17.6 Å². The molecule has 0 spiro atoms. The summed E-state index contributed by atoms with van der Waals surface area (Å²) in [5.41, 5.74) is 2.96. The van der Waals surface area contributed by atoms with Crippen LogP contribution in [0, 0.1) is 5.82 Å². The van der Waals surface area contributed by atoms with Gasteiger partial charge in [0.2, 0.25) is 0 Å². The third-order valence-corrected chi connectivity index (χ3v) is 5.48. The lowest BCUT2D eigenvalue weighted by Crippen LogP contribution is -2.35. The maximum absolute atomic E-state index is 13.3. The highest BCUT2D eigenvalue weighted by Crippen LogP contribution is 2.18. The predicted octanol–water partition coefficient (Wildman–Crippen LogP) is 5.09. The molecule has 5 nitrogen and oxygen atoms in total. The van der Waals surface area contributed by atoms with E-state index in [4.69, 9.17) is 11.6 Å². The zero-order valence-electron chi connectivity index (χ0n) is 17.6. The van der Waals surface area contributed by atoms with Crippen LogP contribution in [0.2, 0.25) is 5.02 Å². The molecule has 33 heavy (non-hydrogen) atoms. The number of H-pyrrole nitrogens is 1. The Bertz CT molecular complexity index is 1330. The fourth-order valence-corrected chi connectivity index (χ4v) is 3.69. The van der Waals surface area contributed by atoms with Gasteiger partial charge in [0, 0.05) is 23.6 Å². The summed E-state index contributed by atoms with van der Waals surface area (Å²) < 4.78 is 13.3. The minimum absolute atomic E-state index is 0.0328. The first-order valence-electron chi connectivity index (χ1n) is 10.4. The average molecular weight is 462 g/mol. The molecule has 4 rings (SSSR count). The summed E-state index contributed by atoms with van der Waals surface area (Å²) >= 11 is 6.12. The van der Waals surface area contributed by atoms with Crippen LogP contribution in [0.5, 0.6) is 0 Å². The van der Waals surface area contributed by atoms with Crippen molar-refractivity contribution in [2.75, 3.05) is 6.54 Å². The van der Waals surface area contributed by atoms with Crippen LogP contribution in [0.1, 0.15) is 21.5 Å². The second kappa shape index (κ2) is 10.1. The number of carbonyl (C=O) groups is 2. The number of nitrogens with one attached hydrogen (secondary N) is 3. The van der Waals surface area contributed by atoms with Gasteiger partial charge in [-0.1, -0.05) is 54.1 Å². The van der Waals surface area contributed by atoms with Crippen LogP contribution in [0.3, 0.4) is 0 Å². The van der Waals surface area contributed by atoms with Crippen LogP contribution >= 0.6 is 11.6 Å². The summed E-state index contributed by atoms with van der Waals surface area (Å²) in [6.45, 7) is 0.364. The molecule has 0 aliphatic carbocycles. The number of amides is 2. The second-order valence-electron chi connectivity index (χ2n) is 7.41. The zero-order valence-corrected chi connectivity index (χ0v) is 18.3. The molecule has 0 saturated heterocycles. The van der Waals surface area contributed by atoms with Gasteiger partial charge >= 0.3 is 0 Å². The first kappa shape index (κ1) is 22.3. The van der Waals surface area contributed by atoms with Crippen molar-refractivity contribution in [1.29, 1.82) is 0 Å². The third-order valence-electron chi connectivity index (χ3n) is 5.15. The SMILES string of the molecule is O=C(NCCc1c[nH]c2ccccc12)/C(=C\c1ccc(F)cc1)NC(=O)c1ccccc1Cl. The van der Waals surface area contributed by atoms with E-state index in [-0.39, 0.29) is 16.3 Å². The van der Waals surface area contributed by atoms with Gasteiger partial charge in [-0.25, -0.2) is 4.39 Å². The molecule has 3 N–H and O–H groups in total. The molecular weight excluding hydrogens is 441 g/mol. The van der Waals surface area contributed by atoms with Gasteiger partial charge in [0.15, 0.2) is 0 Å². The van der Waals surface area contributed by atoms with E-state index in [2.05, 4.69) is 15.6 Å². The average Bonchev–Trinajstić information content (AvgIpc) is 3.23. The topological polar surface area (TPSA) is 74.0 Å². The van der Waals surface area contributed by atoms with E-state index in [1.807, 2.05) is 30.5 Å². The number of aromatic amines is 1. The Morgan fingerprint density at radius 1 is 0.970 bits per heavy atom. The maximum atomic E-state index is 13.3. The number of carbonyl (C=O) groups excluding carboxylic acids is 2. The van der Waals surface area contributed by atoms with Crippen molar-refractivity contribution in [3.8, 4) is 0 Å². The molecule has 3 aromatic carbocycles. The molecule has 0 radical (unpaired) electrons. The molecule has 4 aromatic rings. The predicted molar refractivity (Wildman–Crippen MR) is 128 cm³/mol. The Balaban J connectivity index is 1.50. The van der Waals surface area contributed by atoms with E-state index in [1.165, 1.54) is 30.3 Å². The highest BCUT2D eigenvalue weighted by molar-refractivity contribution is 6.34. The van der Waals surface area contributed by atoms with Crippen molar-refractivity contribution < 1.29 is 14.0 Å². The van der Waals surface area contributed by atoms with Gasteiger partial charge in [-0.15, -0.1) is 0 Å². The van der Waals surface area contributed by atoms with Crippen molar-refractivity contribution in [2.45, 2.75) is 6.42 Å². The standard InChI is InChI=1S/C26H21ClFN3O2/c27-22-7-3-1-6-21(22)25(32)31-24(15-17-9-11-19(28)12-10-17)26(33)29-14-13-18-16-30-23-8-4-2-5-20(18)23/h1-12,15-16,30H,13-14H2,(H,29,33)(H,31,32)/b24-15+. The van der Waals surface area contributed by atoms with Crippen molar-refractivity contribution in [2.24, 2.45) is 0 Å². The van der Waals surface area contributed by atoms with Crippen molar-refractivity contribution in [1.82, 2.24) is 15.6 Å². The van der Waals surface area contributed by atoms with Gasteiger partial charge < -0.3 is 15.6 Å². The monoisotopic (exact) mass is 461 g/mol. The van der Waals surface area contributed by atoms with Crippen LogP contribution in [0.15, 0.2) is 84.7 Å². The highest BCUT2D eigenvalue weighted by atomic mass is 35.5. The number of rotatable bonds is 7. The molecule has 0 aliphatic rings. The fourth-order valence-electron chi connectivity index (χ4n) is 3.46. The van der Waals surface area contributed by atoms with Gasteiger partial charge in [0.1, 0.15) is 11.5 Å². The van der Waals surface area contributed by atoms with Gasteiger partial charge in [0.25, 0.3) is 11.8 Å². The number of halogens is 2. The Morgan fingerprint density at radius 3 is 2.48 bits per heavy atom. The van der Waals surface area contributed by atoms with E-state index in [0.717, 1.165) is 16.5 Å². The van der Waals surface area contributed by atoms with Gasteiger partial charge in [-0.2, -0.15) is 0 Å². The largest absolute Gasteiger partial charge is 0.361 e. The lowest BCUT2D eigenvalue weighted by molar-refractivity contribution is -0.117. The second-order valence-corrected chi connectivity index (χ2v) is 7.82. The number of benzene rings is 3. The van der Waals surface area contributed by atoms with Crippen LogP contribution in [-0.2, 0) is 11.2 Å². The van der Waals surface area contributed by atoms with E-state index in [0.29, 0.717) is 18.5 Å². The first-order valence-corrected chi connectivity index (χ1v) is 10.8. The van der Waals surface area contributed by atoms with Crippen LogP contribution in [0.25, 0.3) is 17.0 Å². The van der Waals surface area contributed by atoms with Crippen molar-refractivity contribution in [3.63, 3.8) is 0 Å². The molecule has 0 aliphatic heterocycles. The number of hydrogen-bond acceptors (Lipinski definition) is 2. The van der Waals surface area contributed by atoms with Gasteiger partial charge in [0.05, 0.1) is 10.6 Å². The Morgan fingerprint density at radius 2 is 1.70 bits per heavy atom. The van der Waals surface area contributed by atoms with Crippen LogP contribution in [-0.4, -0.2) is 23.3 Å². The molecule has 166 valence electrons. The maximum Gasteiger partial charge on any atom is 0.267 e. The van der Waals surface area contributed by atoms with Crippen LogP contribution < -0.4 is 10.6 Å². The van der Waals surface area contributed by atoms with Gasteiger partial charge in [-0.05, 0) is 54.0 Å². The molecule has 1 aromatic heterocycles. The number of para-hydroxylation sites is 1. The molecule has 2 amide bonds. The normalized spacial score (nSPS) is 11.4. The van der Waals surface area contributed by atoms with Gasteiger partial charge in [-0.3, -0.25) is 9.59 Å². The molecule has 0 saturated carbocycles. The summed E-state index contributed by atoms with van der Waals surface area (Å²) in [6, 6.07) is 20.1. The lowest BCUT2D eigenvalue weighted by Gasteiger charge is -2.12. The van der Waals surface area contributed by atoms with Crippen molar-refractivity contribution >= 4 is 40.4 Å². The summed E-state index contributed by atoms with van der Waals surface area (Å²) in [4.78, 5) is 28.9. The third kappa shape index (κ3) is 5.48. The molecular formula is C26H21ClFN3O2. The quantitative estimate of drug-likeness (QED) is 0.335. The number of aromatic nitrogens is 1. The Kier molecular flexibility index (Phi) is 6.86. The van der Waals surface area contributed by atoms with E-state index in [9.17, 15) is 14.0 Å². The Labute approximate surface area is 195 Å². The Hall–Kier alpha value is -3.90. The molecule has 0 fully saturated rings.